The van der Waals surface area contributed by atoms with Crippen molar-refractivity contribution in [1.29, 1.82) is 0 Å². The third-order valence-electron chi connectivity index (χ3n) is 5.27. The van der Waals surface area contributed by atoms with E-state index in [1.807, 2.05) is 0 Å². The van der Waals surface area contributed by atoms with E-state index in [4.69, 9.17) is 24.5 Å². The van der Waals surface area contributed by atoms with E-state index in [2.05, 4.69) is 4.90 Å². The molecule has 3 N–H and O–H groups in total. The zero-order chi connectivity index (χ0) is 26.0. The van der Waals surface area contributed by atoms with Crippen molar-refractivity contribution in [3.8, 4) is 0 Å². The quantitative estimate of drug-likeness (QED) is 0.497. The van der Waals surface area contributed by atoms with Gasteiger partial charge in [-0.05, 0) is 35.4 Å². The van der Waals surface area contributed by atoms with Gasteiger partial charge in [-0.15, -0.1) is 0 Å². The number of carbonyl (C=O) groups excluding carboxylic acids is 1. The summed E-state index contributed by atoms with van der Waals surface area (Å²) >= 11 is 0. The monoisotopic (exact) mass is 494 g/mol. The molecule has 1 unspecified atom stereocenters. The lowest BCUT2D eigenvalue weighted by molar-refractivity contribution is -0.159. The predicted octanol–water partition coefficient (Wildman–Crippen LogP) is 1.75. The topological polar surface area (TPSA) is 128 Å². The molecule has 1 amide bonds. The number of piperazine rings is 1. The number of carboxylic acids is 2. The van der Waals surface area contributed by atoms with E-state index in [0.29, 0.717) is 32.7 Å². The number of aliphatic hydroxyl groups excluding tert-OH is 1. The molecule has 1 saturated heterocycles. The molecule has 0 bridgehead atoms. The van der Waals surface area contributed by atoms with Crippen LogP contribution in [0.25, 0.3) is 0 Å². The van der Waals surface area contributed by atoms with Crippen LogP contribution in [0.5, 0.6) is 0 Å². The Kier molecular flexibility index (Phi) is 10.7. The molecular weight excluding hydrogens is 466 g/mol. The van der Waals surface area contributed by atoms with Crippen LogP contribution in [-0.4, -0.2) is 88.4 Å². The Morgan fingerprint density at radius 3 is 1.66 bits per heavy atom. The third kappa shape index (κ3) is 9.39. The molecular formula is C24H28F2N2O7. The Labute approximate surface area is 201 Å². The number of hydrogen-bond donors (Lipinski definition) is 3. The highest BCUT2D eigenvalue weighted by Crippen LogP contribution is 2.27. The number of nitrogens with zero attached hydrogens (tertiary/aromatic N) is 2. The maximum absolute atomic E-state index is 13.3. The molecule has 11 heteroatoms. The van der Waals surface area contributed by atoms with Crippen molar-refractivity contribution >= 4 is 17.8 Å². The van der Waals surface area contributed by atoms with Gasteiger partial charge < -0.3 is 25.0 Å². The Bertz CT molecular complexity index is 921. The fraction of sp³-hybridized carbons (Fsp3) is 0.375. The minimum atomic E-state index is -1.82. The summed E-state index contributed by atoms with van der Waals surface area (Å²) in [6, 6.07) is 11.9. The van der Waals surface area contributed by atoms with E-state index in [0.717, 1.165) is 11.1 Å². The summed E-state index contributed by atoms with van der Waals surface area (Å²) in [5.74, 6) is -4.28. The highest BCUT2D eigenvalue weighted by molar-refractivity contribution is 6.27. The lowest BCUT2D eigenvalue weighted by atomic mass is 10.0. The largest absolute Gasteiger partial charge is 0.473 e. The molecule has 1 atom stereocenters. The van der Waals surface area contributed by atoms with E-state index in [9.17, 15) is 18.7 Å². The third-order valence-corrected chi connectivity index (χ3v) is 5.27. The van der Waals surface area contributed by atoms with Gasteiger partial charge in [0, 0.05) is 39.6 Å². The van der Waals surface area contributed by atoms with Crippen molar-refractivity contribution in [3.63, 3.8) is 0 Å². The van der Waals surface area contributed by atoms with Gasteiger partial charge in [0.05, 0.1) is 12.7 Å². The summed E-state index contributed by atoms with van der Waals surface area (Å²) < 4.78 is 32.6. The molecule has 0 aromatic heterocycles. The summed E-state index contributed by atoms with van der Waals surface area (Å²) in [6.07, 6.45) is -1.26. The average Bonchev–Trinajstić information content (AvgIpc) is 2.82. The van der Waals surface area contributed by atoms with E-state index >= 15 is 0 Å². The van der Waals surface area contributed by atoms with Gasteiger partial charge in [0.25, 0.3) is 0 Å². The average molecular weight is 494 g/mol. The SMILES string of the molecule is CC(=O)N1CCN(CC(O)COC(c2ccc(F)cc2)c2ccc(F)cc2)CC1.O=C(O)C(=O)O. The Hall–Kier alpha value is -3.41. The predicted molar refractivity (Wildman–Crippen MR) is 121 cm³/mol. The first kappa shape index (κ1) is 27.8. The van der Waals surface area contributed by atoms with E-state index in [1.54, 1.807) is 36.1 Å². The van der Waals surface area contributed by atoms with Crippen LogP contribution in [0, 0.1) is 11.6 Å². The standard InChI is InChI=1S/C22H26F2N2O3.C2H2O4/c1-16(27)26-12-10-25(11-13-26)14-21(28)15-29-22(17-2-6-19(23)7-3-17)18-4-8-20(24)9-5-18;3-1(4)2(5)6/h2-9,21-22,28H,10-15H2,1H3;(H,3,4)(H,5,6). The maximum Gasteiger partial charge on any atom is 0.414 e. The second-order valence-electron chi connectivity index (χ2n) is 7.89. The van der Waals surface area contributed by atoms with Crippen LogP contribution in [0.3, 0.4) is 0 Å². The van der Waals surface area contributed by atoms with Crippen LogP contribution >= 0.6 is 0 Å². The first-order valence-corrected chi connectivity index (χ1v) is 10.8. The van der Waals surface area contributed by atoms with Crippen LogP contribution < -0.4 is 0 Å². The fourth-order valence-electron chi connectivity index (χ4n) is 3.46. The summed E-state index contributed by atoms with van der Waals surface area (Å²) in [6.45, 7) is 4.78. The number of aliphatic carboxylic acids is 2. The Morgan fingerprint density at radius 2 is 1.29 bits per heavy atom. The van der Waals surface area contributed by atoms with Gasteiger partial charge in [0.1, 0.15) is 17.7 Å². The minimum absolute atomic E-state index is 0.0648. The lowest BCUT2D eigenvalue weighted by Crippen LogP contribution is -2.50. The molecule has 0 spiro atoms. The van der Waals surface area contributed by atoms with Gasteiger partial charge in [-0.25, -0.2) is 18.4 Å². The number of ether oxygens (including phenoxy) is 1. The number of hydrogen-bond acceptors (Lipinski definition) is 6. The zero-order valence-electron chi connectivity index (χ0n) is 19.1. The first-order chi connectivity index (χ1) is 16.6. The number of carbonyl (C=O) groups is 3. The van der Waals surface area contributed by atoms with Crippen LogP contribution in [0.2, 0.25) is 0 Å². The molecule has 35 heavy (non-hydrogen) atoms. The first-order valence-electron chi connectivity index (χ1n) is 10.8. The second kappa shape index (κ2) is 13.5. The number of benzene rings is 2. The van der Waals surface area contributed by atoms with Gasteiger partial charge in [0.15, 0.2) is 0 Å². The number of amides is 1. The summed E-state index contributed by atoms with van der Waals surface area (Å²) in [5, 5.41) is 25.2. The van der Waals surface area contributed by atoms with Crippen LogP contribution in [0.4, 0.5) is 8.78 Å². The van der Waals surface area contributed by atoms with Crippen LogP contribution in [0.1, 0.15) is 24.2 Å². The van der Waals surface area contributed by atoms with Crippen molar-refractivity contribution in [2.24, 2.45) is 0 Å². The van der Waals surface area contributed by atoms with E-state index < -0.39 is 24.1 Å². The highest BCUT2D eigenvalue weighted by Gasteiger charge is 2.22. The molecule has 1 fully saturated rings. The summed E-state index contributed by atoms with van der Waals surface area (Å²) in [5.41, 5.74) is 1.44. The van der Waals surface area contributed by atoms with Crippen molar-refractivity contribution in [1.82, 2.24) is 9.80 Å². The highest BCUT2D eigenvalue weighted by atomic mass is 19.1. The van der Waals surface area contributed by atoms with Gasteiger partial charge in [0.2, 0.25) is 5.91 Å². The van der Waals surface area contributed by atoms with E-state index in [1.165, 1.54) is 24.3 Å². The molecule has 1 aliphatic heterocycles. The molecule has 0 aliphatic carbocycles. The Morgan fingerprint density at radius 1 is 0.857 bits per heavy atom. The number of carboxylic acid groups (broad SMARTS) is 2. The summed E-state index contributed by atoms with van der Waals surface area (Å²) in [4.78, 5) is 33.5. The minimum Gasteiger partial charge on any atom is -0.473 e. The zero-order valence-corrected chi connectivity index (χ0v) is 19.1. The molecule has 190 valence electrons. The van der Waals surface area contributed by atoms with Crippen LogP contribution in [0.15, 0.2) is 48.5 Å². The molecule has 0 saturated carbocycles. The number of aliphatic hydroxyl groups is 1. The Balaban J connectivity index is 0.000000641. The summed E-state index contributed by atoms with van der Waals surface area (Å²) in [7, 11) is 0. The molecule has 1 heterocycles. The lowest BCUT2D eigenvalue weighted by Gasteiger charge is -2.35. The molecule has 3 rings (SSSR count). The van der Waals surface area contributed by atoms with Crippen molar-refractivity contribution in [2.75, 3.05) is 39.3 Å². The smallest absolute Gasteiger partial charge is 0.414 e. The van der Waals surface area contributed by atoms with E-state index in [-0.39, 0.29) is 24.1 Å². The van der Waals surface area contributed by atoms with Crippen molar-refractivity contribution < 1.29 is 43.2 Å². The number of rotatable bonds is 7. The molecule has 0 radical (unpaired) electrons. The van der Waals surface area contributed by atoms with Gasteiger partial charge in [-0.1, -0.05) is 24.3 Å². The van der Waals surface area contributed by atoms with Crippen LogP contribution in [-0.2, 0) is 19.1 Å². The molecule has 2 aromatic carbocycles. The van der Waals surface area contributed by atoms with Gasteiger partial charge in [-0.3, -0.25) is 9.69 Å². The molecule has 1 aliphatic rings. The fourth-order valence-corrected chi connectivity index (χ4v) is 3.46. The maximum atomic E-state index is 13.3. The second-order valence-corrected chi connectivity index (χ2v) is 7.89. The van der Waals surface area contributed by atoms with Gasteiger partial charge in [-0.2, -0.15) is 0 Å². The molecule has 2 aromatic rings. The normalized spacial score (nSPS) is 14.7. The number of β-amino-alcohol motifs (C(OH)–C–C–N with tert-alkyl or cyclic N) is 1. The van der Waals surface area contributed by atoms with Crippen molar-refractivity contribution in [3.05, 3.63) is 71.3 Å². The van der Waals surface area contributed by atoms with Gasteiger partial charge >= 0.3 is 11.9 Å². The number of halogens is 2. The van der Waals surface area contributed by atoms with Crippen molar-refractivity contribution in [2.45, 2.75) is 19.1 Å². The molecule has 9 nitrogen and oxygen atoms in total.